The Labute approximate surface area is 203 Å². The SMILES string of the molecule is Cc1[nH]nc2cc(OCCNC[C@H](O)c3cccc(NS(=O)(=O)c4ccc(Cl)cc4)c3)ccc12. The number of hydrogen-bond donors (Lipinski definition) is 4. The summed E-state index contributed by atoms with van der Waals surface area (Å²) in [6, 6.07) is 18.3. The second-order valence-electron chi connectivity index (χ2n) is 7.78. The van der Waals surface area contributed by atoms with Gasteiger partial charge in [-0.15, -0.1) is 0 Å². The van der Waals surface area contributed by atoms with E-state index in [0.29, 0.717) is 29.4 Å². The number of benzene rings is 3. The van der Waals surface area contributed by atoms with Gasteiger partial charge >= 0.3 is 0 Å². The van der Waals surface area contributed by atoms with Crippen LogP contribution >= 0.6 is 11.6 Å². The predicted octanol–water partition coefficient (Wildman–Crippen LogP) is 4.03. The molecule has 4 N–H and O–H groups in total. The molecule has 0 fully saturated rings. The van der Waals surface area contributed by atoms with Crippen LogP contribution in [0.1, 0.15) is 17.4 Å². The number of aliphatic hydroxyl groups excluding tert-OH is 1. The summed E-state index contributed by atoms with van der Waals surface area (Å²) in [5, 5.41) is 22.4. The number of hydrogen-bond acceptors (Lipinski definition) is 6. The minimum Gasteiger partial charge on any atom is -0.492 e. The first-order valence-electron chi connectivity index (χ1n) is 10.7. The molecule has 0 spiro atoms. The van der Waals surface area contributed by atoms with Crippen LogP contribution in [0, 0.1) is 6.92 Å². The van der Waals surface area contributed by atoms with Crippen molar-refractivity contribution in [1.82, 2.24) is 15.5 Å². The number of anilines is 1. The molecule has 1 aromatic heterocycles. The summed E-state index contributed by atoms with van der Waals surface area (Å²) in [4.78, 5) is 0.103. The third-order valence-electron chi connectivity index (χ3n) is 5.25. The van der Waals surface area contributed by atoms with E-state index in [1.165, 1.54) is 24.3 Å². The van der Waals surface area contributed by atoms with Gasteiger partial charge in [0.2, 0.25) is 0 Å². The van der Waals surface area contributed by atoms with Crippen molar-refractivity contribution < 1.29 is 18.3 Å². The number of aromatic nitrogens is 2. The van der Waals surface area contributed by atoms with Crippen LogP contribution < -0.4 is 14.8 Å². The third kappa shape index (κ3) is 5.87. The number of sulfonamides is 1. The quantitative estimate of drug-likeness (QED) is 0.244. The fourth-order valence-corrected chi connectivity index (χ4v) is 4.63. The number of fused-ring (bicyclic) bond motifs is 1. The highest BCUT2D eigenvalue weighted by molar-refractivity contribution is 7.92. The smallest absolute Gasteiger partial charge is 0.261 e. The molecule has 1 heterocycles. The highest BCUT2D eigenvalue weighted by Gasteiger charge is 2.15. The summed E-state index contributed by atoms with van der Waals surface area (Å²) in [7, 11) is -3.76. The molecule has 3 aromatic carbocycles. The zero-order valence-corrected chi connectivity index (χ0v) is 20.0. The number of ether oxygens (including phenoxy) is 1. The average molecular weight is 501 g/mol. The van der Waals surface area contributed by atoms with E-state index in [1.54, 1.807) is 24.3 Å². The van der Waals surface area contributed by atoms with Crippen molar-refractivity contribution >= 4 is 38.2 Å². The van der Waals surface area contributed by atoms with Crippen molar-refractivity contribution in [2.24, 2.45) is 0 Å². The summed E-state index contributed by atoms with van der Waals surface area (Å²) in [6.07, 6.45) is -0.816. The molecule has 8 nitrogen and oxygen atoms in total. The van der Waals surface area contributed by atoms with Gasteiger partial charge in [0.1, 0.15) is 12.4 Å². The van der Waals surface area contributed by atoms with Crippen LogP contribution in [-0.2, 0) is 10.0 Å². The Hall–Kier alpha value is -3.11. The average Bonchev–Trinajstić information content (AvgIpc) is 3.19. The molecule has 0 saturated heterocycles. The lowest BCUT2D eigenvalue weighted by atomic mass is 10.1. The first-order valence-corrected chi connectivity index (χ1v) is 12.5. The van der Waals surface area contributed by atoms with Crippen molar-refractivity contribution in [1.29, 1.82) is 0 Å². The summed E-state index contributed by atoms with van der Waals surface area (Å²) in [5.41, 5.74) is 2.81. The predicted molar refractivity (Wildman–Crippen MR) is 133 cm³/mol. The summed E-state index contributed by atoms with van der Waals surface area (Å²) < 4.78 is 33.4. The number of rotatable bonds is 10. The molecule has 0 amide bonds. The molecule has 0 aliphatic carbocycles. The number of aryl methyl sites for hydroxylation is 1. The van der Waals surface area contributed by atoms with Crippen LogP contribution in [0.4, 0.5) is 5.69 Å². The zero-order valence-electron chi connectivity index (χ0n) is 18.5. The molecule has 34 heavy (non-hydrogen) atoms. The Morgan fingerprint density at radius 2 is 1.91 bits per heavy atom. The molecule has 0 radical (unpaired) electrons. The molecule has 4 rings (SSSR count). The summed E-state index contributed by atoms with van der Waals surface area (Å²) in [6.45, 7) is 3.20. The van der Waals surface area contributed by atoms with E-state index in [2.05, 4.69) is 20.2 Å². The van der Waals surface area contributed by atoms with Gasteiger partial charge in [-0.05, 0) is 61.0 Å². The molecular formula is C24H25ClN4O4S. The number of aliphatic hydroxyl groups is 1. The van der Waals surface area contributed by atoms with Gasteiger partial charge in [0.05, 0.1) is 16.5 Å². The zero-order chi connectivity index (χ0) is 24.1. The first kappa shape index (κ1) is 24.0. The van der Waals surface area contributed by atoms with Gasteiger partial charge in [0.15, 0.2) is 0 Å². The van der Waals surface area contributed by atoms with Gasteiger partial charge in [0, 0.05) is 40.9 Å². The lowest BCUT2D eigenvalue weighted by Gasteiger charge is -2.15. The topological polar surface area (TPSA) is 116 Å². The van der Waals surface area contributed by atoms with Crippen LogP contribution in [0.3, 0.4) is 0 Å². The lowest BCUT2D eigenvalue weighted by Crippen LogP contribution is -2.26. The molecule has 0 unspecified atom stereocenters. The molecule has 4 aromatic rings. The molecule has 178 valence electrons. The van der Waals surface area contributed by atoms with Crippen molar-refractivity contribution in [3.8, 4) is 5.75 Å². The molecule has 0 saturated carbocycles. The highest BCUT2D eigenvalue weighted by Crippen LogP contribution is 2.22. The molecule has 1 atom stereocenters. The second-order valence-corrected chi connectivity index (χ2v) is 9.90. The Kier molecular flexibility index (Phi) is 7.38. The van der Waals surface area contributed by atoms with Crippen LogP contribution in [-0.4, -0.2) is 43.4 Å². The molecular weight excluding hydrogens is 476 g/mol. The van der Waals surface area contributed by atoms with Crippen LogP contribution in [0.25, 0.3) is 10.9 Å². The number of aromatic amines is 1. The van der Waals surface area contributed by atoms with E-state index in [9.17, 15) is 13.5 Å². The van der Waals surface area contributed by atoms with Crippen molar-refractivity contribution in [2.45, 2.75) is 17.9 Å². The van der Waals surface area contributed by atoms with E-state index in [1.807, 2.05) is 25.1 Å². The van der Waals surface area contributed by atoms with Gasteiger partial charge in [-0.2, -0.15) is 5.10 Å². The van der Waals surface area contributed by atoms with Crippen molar-refractivity contribution in [3.05, 3.63) is 83.0 Å². The van der Waals surface area contributed by atoms with Gasteiger partial charge in [0.25, 0.3) is 10.0 Å². The van der Waals surface area contributed by atoms with Crippen molar-refractivity contribution in [2.75, 3.05) is 24.4 Å². The van der Waals surface area contributed by atoms with E-state index >= 15 is 0 Å². The van der Waals surface area contributed by atoms with Crippen LogP contribution in [0.5, 0.6) is 5.75 Å². The Bertz CT molecular complexity index is 1370. The van der Waals surface area contributed by atoms with Crippen LogP contribution in [0.2, 0.25) is 5.02 Å². The van der Waals surface area contributed by atoms with E-state index in [-0.39, 0.29) is 11.4 Å². The van der Waals surface area contributed by atoms with E-state index < -0.39 is 16.1 Å². The maximum atomic E-state index is 12.6. The van der Waals surface area contributed by atoms with Gasteiger partial charge in [-0.3, -0.25) is 9.82 Å². The minimum absolute atomic E-state index is 0.103. The highest BCUT2D eigenvalue weighted by atomic mass is 35.5. The Balaban J connectivity index is 1.27. The maximum absolute atomic E-state index is 12.6. The first-order chi connectivity index (χ1) is 16.3. The normalized spacial score (nSPS) is 12.6. The van der Waals surface area contributed by atoms with E-state index in [0.717, 1.165) is 22.3 Å². The largest absolute Gasteiger partial charge is 0.492 e. The summed E-state index contributed by atoms with van der Waals surface area (Å²) >= 11 is 5.83. The number of nitrogens with zero attached hydrogens (tertiary/aromatic N) is 1. The van der Waals surface area contributed by atoms with Crippen LogP contribution in [0.15, 0.2) is 71.6 Å². The maximum Gasteiger partial charge on any atom is 0.261 e. The number of H-pyrrole nitrogens is 1. The third-order valence-corrected chi connectivity index (χ3v) is 6.90. The molecule has 0 bridgehead atoms. The van der Waals surface area contributed by atoms with E-state index in [4.69, 9.17) is 16.3 Å². The molecule has 0 aliphatic rings. The fourth-order valence-electron chi connectivity index (χ4n) is 3.45. The molecule has 0 aliphatic heterocycles. The fraction of sp³-hybridized carbons (Fsp3) is 0.208. The minimum atomic E-state index is -3.76. The Morgan fingerprint density at radius 3 is 2.71 bits per heavy atom. The van der Waals surface area contributed by atoms with Crippen molar-refractivity contribution in [3.63, 3.8) is 0 Å². The van der Waals surface area contributed by atoms with Gasteiger partial charge in [-0.1, -0.05) is 23.7 Å². The van der Waals surface area contributed by atoms with Gasteiger partial charge < -0.3 is 15.2 Å². The number of halogens is 1. The standard InChI is InChI=1S/C24H25ClN4O4S/c1-16-22-10-7-20(14-23(22)28-27-16)33-12-11-26-15-24(30)17-3-2-4-19(13-17)29-34(31,32)21-8-5-18(25)6-9-21/h2-10,13-14,24,26,29-30H,11-12,15H2,1H3,(H,27,28)/t24-/m0/s1. The second kappa shape index (κ2) is 10.4. The summed E-state index contributed by atoms with van der Waals surface area (Å²) in [5.74, 6) is 0.724. The van der Waals surface area contributed by atoms with Gasteiger partial charge in [-0.25, -0.2) is 8.42 Å². The monoisotopic (exact) mass is 500 g/mol. The Morgan fingerprint density at radius 1 is 1.12 bits per heavy atom. The lowest BCUT2D eigenvalue weighted by molar-refractivity contribution is 0.172. The number of nitrogens with one attached hydrogen (secondary N) is 3. The molecule has 10 heteroatoms.